The lowest BCUT2D eigenvalue weighted by molar-refractivity contribution is 0.0632. The Bertz CT molecular complexity index is 333. The lowest BCUT2D eigenvalue weighted by atomic mass is 10.2. The van der Waals surface area contributed by atoms with E-state index in [1.165, 1.54) is 6.39 Å². The maximum absolute atomic E-state index is 11.9. The predicted octanol–water partition coefficient (Wildman–Crippen LogP) is 0.826. The summed E-state index contributed by atoms with van der Waals surface area (Å²) >= 11 is 0. The fourth-order valence-electron chi connectivity index (χ4n) is 1.34. The Hall–Kier alpha value is -1.36. The number of hydrogen-bond acceptors (Lipinski definition) is 4. The number of rotatable bonds is 4. The van der Waals surface area contributed by atoms with Crippen LogP contribution < -0.4 is 0 Å². The number of carbonyl (C=O) groups is 1. The first-order valence-corrected chi connectivity index (χ1v) is 4.89. The number of aromatic nitrogens is 1. The summed E-state index contributed by atoms with van der Waals surface area (Å²) in [5.41, 5.74) is 0.573. The number of nitrogens with zero attached hydrogens (tertiary/aromatic N) is 2. The van der Waals surface area contributed by atoms with E-state index in [4.69, 9.17) is 9.52 Å². The molecule has 0 aromatic carbocycles. The molecule has 0 aliphatic carbocycles. The highest BCUT2D eigenvalue weighted by Crippen LogP contribution is 2.11. The molecule has 1 aromatic rings. The van der Waals surface area contributed by atoms with Crippen LogP contribution in [0.5, 0.6) is 0 Å². The maximum atomic E-state index is 11.9. The third-order valence-corrected chi connectivity index (χ3v) is 2.16. The molecule has 5 nitrogen and oxygen atoms in total. The molecule has 0 aliphatic heterocycles. The van der Waals surface area contributed by atoms with Gasteiger partial charge in [-0.1, -0.05) is 0 Å². The van der Waals surface area contributed by atoms with Gasteiger partial charge in [0, 0.05) is 12.6 Å². The first kappa shape index (κ1) is 11.7. The topological polar surface area (TPSA) is 66.6 Å². The van der Waals surface area contributed by atoms with Crippen LogP contribution in [0.4, 0.5) is 0 Å². The molecule has 1 N–H and O–H groups in total. The van der Waals surface area contributed by atoms with Crippen LogP contribution in [0.2, 0.25) is 0 Å². The van der Waals surface area contributed by atoms with Crippen molar-refractivity contribution < 1.29 is 14.3 Å². The molecule has 15 heavy (non-hydrogen) atoms. The molecule has 1 amide bonds. The third-order valence-electron chi connectivity index (χ3n) is 2.16. The van der Waals surface area contributed by atoms with Gasteiger partial charge in [-0.05, 0) is 20.8 Å². The van der Waals surface area contributed by atoms with Crippen molar-refractivity contribution in [1.82, 2.24) is 9.88 Å². The smallest absolute Gasteiger partial charge is 0.291 e. The van der Waals surface area contributed by atoms with Gasteiger partial charge >= 0.3 is 0 Å². The minimum absolute atomic E-state index is 0.0224. The second-order valence-electron chi connectivity index (χ2n) is 3.58. The molecule has 0 saturated carbocycles. The molecule has 0 unspecified atom stereocenters. The number of carbonyl (C=O) groups excluding carboxylic acids is 1. The fourth-order valence-corrected chi connectivity index (χ4v) is 1.34. The van der Waals surface area contributed by atoms with Crippen molar-refractivity contribution in [1.29, 1.82) is 0 Å². The Kier molecular flexibility index (Phi) is 3.85. The summed E-state index contributed by atoms with van der Waals surface area (Å²) < 4.78 is 5.02. The molecular weight excluding hydrogens is 196 g/mol. The van der Waals surface area contributed by atoms with Gasteiger partial charge in [0.15, 0.2) is 6.39 Å². The number of hydrogen-bond donors (Lipinski definition) is 1. The van der Waals surface area contributed by atoms with Gasteiger partial charge in [0.05, 0.1) is 12.3 Å². The summed E-state index contributed by atoms with van der Waals surface area (Å²) in [5.74, 6) is 0.0196. The van der Waals surface area contributed by atoms with Crippen molar-refractivity contribution in [3.05, 3.63) is 17.8 Å². The van der Waals surface area contributed by atoms with E-state index in [0.29, 0.717) is 12.2 Å². The summed E-state index contributed by atoms with van der Waals surface area (Å²) in [4.78, 5) is 17.4. The number of oxazole rings is 1. The Labute approximate surface area is 88.7 Å². The molecule has 0 aliphatic rings. The van der Waals surface area contributed by atoms with Gasteiger partial charge in [-0.25, -0.2) is 4.98 Å². The number of aryl methyl sites for hydroxylation is 1. The van der Waals surface area contributed by atoms with Gasteiger partial charge in [-0.3, -0.25) is 4.79 Å². The van der Waals surface area contributed by atoms with Gasteiger partial charge in [-0.2, -0.15) is 0 Å². The number of amides is 1. The monoisotopic (exact) mass is 212 g/mol. The van der Waals surface area contributed by atoms with Gasteiger partial charge in [0.1, 0.15) is 0 Å². The van der Waals surface area contributed by atoms with Crippen molar-refractivity contribution in [3.8, 4) is 0 Å². The quantitative estimate of drug-likeness (QED) is 0.802. The average molecular weight is 212 g/mol. The standard InChI is InChI=1S/C10H16N2O3/c1-7(2)12(4-5-13)10(14)9-8(3)11-6-15-9/h6-7,13H,4-5H2,1-3H3. The van der Waals surface area contributed by atoms with Crippen molar-refractivity contribution in [2.24, 2.45) is 0 Å². The molecule has 84 valence electrons. The van der Waals surface area contributed by atoms with E-state index in [-0.39, 0.29) is 24.3 Å². The van der Waals surface area contributed by atoms with Crippen molar-refractivity contribution >= 4 is 5.91 Å². The van der Waals surface area contributed by atoms with Gasteiger partial charge < -0.3 is 14.4 Å². The number of aliphatic hydroxyl groups excluding tert-OH is 1. The molecule has 1 aromatic heterocycles. The lowest BCUT2D eigenvalue weighted by Gasteiger charge is -2.24. The van der Waals surface area contributed by atoms with Crippen LogP contribution in [-0.2, 0) is 0 Å². The molecule has 0 fully saturated rings. The zero-order valence-electron chi connectivity index (χ0n) is 9.23. The minimum atomic E-state index is -0.228. The highest BCUT2D eigenvalue weighted by Gasteiger charge is 2.22. The second kappa shape index (κ2) is 4.93. The summed E-state index contributed by atoms with van der Waals surface area (Å²) in [7, 11) is 0. The van der Waals surface area contributed by atoms with E-state index >= 15 is 0 Å². The largest absolute Gasteiger partial charge is 0.438 e. The second-order valence-corrected chi connectivity index (χ2v) is 3.58. The normalized spacial score (nSPS) is 10.7. The molecule has 0 spiro atoms. The highest BCUT2D eigenvalue weighted by atomic mass is 16.3. The van der Waals surface area contributed by atoms with E-state index in [1.54, 1.807) is 11.8 Å². The Balaban J connectivity index is 2.86. The van der Waals surface area contributed by atoms with Crippen LogP contribution in [0.25, 0.3) is 0 Å². The summed E-state index contributed by atoms with van der Waals surface area (Å²) in [5, 5.41) is 8.86. The summed E-state index contributed by atoms with van der Waals surface area (Å²) in [6, 6.07) is 0.0224. The van der Waals surface area contributed by atoms with Crippen LogP contribution in [0.1, 0.15) is 30.1 Å². The van der Waals surface area contributed by atoms with E-state index in [1.807, 2.05) is 13.8 Å². The van der Waals surface area contributed by atoms with Crippen LogP contribution >= 0.6 is 0 Å². The molecule has 1 rings (SSSR count). The van der Waals surface area contributed by atoms with Crippen LogP contribution in [-0.4, -0.2) is 40.1 Å². The van der Waals surface area contributed by atoms with Gasteiger partial charge in [0.2, 0.25) is 5.76 Å². The van der Waals surface area contributed by atoms with E-state index in [0.717, 1.165) is 0 Å². The van der Waals surface area contributed by atoms with Crippen LogP contribution in [0.15, 0.2) is 10.8 Å². The summed E-state index contributed by atoms with van der Waals surface area (Å²) in [6.07, 6.45) is 1.25. The molecular formula is C10H16N2O3. The minimum Gasteiger partial charge on any atom is -0.438 e. The van der Waals surface area contributed by atoms with Gasteiger partial charge in [-0.15, -0.1) is 0 Å². The molecule has 0 atom stereocenters. The average Bonchev–Trinajstić information content (AvgIpc) is 2.59. The van der Waals surface area contributed by atoms with E-state index < -0.39 is 0 Å². The first-order valence-electron chi connectivity index (χ1n) is 4.89. The van der Waals surface area contributed by atoms with Crippen LogP contribution in [0, 0.1) is 6.92 Å². The zero-order chi connectivity index (χ0) is 11.4. The lowest BCUT2D eigenvalue weighted by Crippen LogP contribution is -2.39. The zero-order valence-corrected chi connectivity index (χ0v) is 9.23. The SMILES string of the molecule is Cc1ncoc1C(=O)N(CCO)C(C)C. The Morgan fingerprint density at radius 1 is 1.67 bits per heavy atom. The van der Waals surface area contributed by atoms with Crippen LogP contribution in [0.3, 0.4) is 0 Å². The molecule has 0 bridgehead atoms. The molecule has 0 saturated heterocycles. The fraction of sp³-hybridized carbons (Fsp3) is 0.600. The van der Waals surface area contributed by atoms with Crippen molar-refractivity contribution in [2.75, 3.05) is 13.2 Å². The molecule has 5 heteroatoms. The molecule has 1 heterocycles. The van der Waals surface area contributed by atoms with E-state index in [9.17, 15) is 4.79 Å². The van der Waals surface area contributed by atoms with E-state index in [2.05, 4.69) is 4.98 Å². The Morgan fingerprint density at radius 3 is 2.73 bits per heavy atom. The highest BCUT2D eigenvalue weighted by molar-refractivity contribution is 5.92. The molecule has 0 radical (unpaired) electrons. The Morgan fingerprint density at radius 2 is 2.33 bits per heavy atom. The number of aliphatic hydroxyl groups is 1. The van der Waals surface area contributed by atoms with Crippen molar-refractivity contribution in [3.63, 3.8) is 0 Å². The predicted molar refractivity (Wildman–Crippen MR) is 54.5 cm³/mol. The first-order chi connectivity index (χ1) is 7.07. The third kappa shape index (κ3) is 2.56. The van der Waals surface area contributed by atoms with Crippen molar-refractivity contribution in [2.45, 2.75) is 26.8 Å². The maximum Gasteiger partial charge on any atom is 0.291 e. The van der Waals surface area contributed by atoms with Gasteiger partial charge in [0.25, 0.3) is 5.91 Å². The summed E-state index contributed by atoms with van der Waals surface area (Å²) in [6.45, 7) is 5.74.